The summed E-state index contributed by atoms with van der Waals surface area (Å²) < 4.78 is 45.1. The molecule has 0 aliphatic carbocycles. The van der Waals surface area contributed by atoms with Crippen LogP contribution in [-0.2, 0) is 4.79 Å². The summed E-state index contributed by atoms with van der Waals surface area (Å²) in [5.74, 6) is -4.02. The normalized spacial score (nSPS) is 10.6. The lowest BCUT2D eigenvalue weighted by atomic mass is 10.2. The van der Waals surface area contributed by atoms with E-state index < -0.39 is 29.0 Å². The minimum Gasteiger partial charge on any atom is -0.492 e. The Labute approximate surface area is 177 Å². The zero-order valence-corrected chi connectivity index (χ0v) is 17.3. The number of carbonyl (C=O) groups excluding carboxylic acids is 1. The van der Waals surface area contributed by atoms with Crippen LogP contribution < -0.4 is 20.7 Å². The van der Waals surface area contributed by atoms with Crippen LogP contribution in [-0.4, -0.2) is 38.6 Å². The summed E-state index contributed by atoms with van der Waals surface area (Å²) >= 11 is 0. The molecular formula is C18H20F3IN4O2. The molecule has 0 atom stereocenters. The third-order valence-corrected chi connectivity index (χ3v) is 3.36. The summed E-state index contributed by atoms with van der Waals surface area (Å²) in [4.78, 5) is 15.8. The van der Waals surface area contributed by atoms with Crippen molar-refractivity contribution in [2.75, 3.05) is 32.1 Å². The number of aliphatic imine (C=N–C) groups is 1. The summed E-state index contributed by atoms with van der Waals surface area (Å²) in [6.45, 7) is 0.544. The van der Waals surface area contributed by atoms with Gasteiger partial charge >= 0.3 is 0 Å². The van der Waals surface area contributed by atoms with Crippen molar-refractivity contribution in [2.45, 2.75) is 0 Å². The van der Waals surface area contributed by atoms with Crippen LogP contribution in [0.25, 0.3) is 0 Å². The first kappa shape index (κ1) is 23.5. The van der Waals surface area contributed by atoms with E-state index in [2.05, 4.69) is 20.9 Å². The number of ether oxygens (including phenoxy) is 1. The Morgan fingerprint density at radius 2 is 1.75 bits per heavy atom. The number of carbonyl (C=O) groups is 1. The Kier molecular flexibility index (Phi) is 10.1. The number of rotatable bonds is 7. The van der Waals surface area contributed by atoms with E-state index in [-0.39, 0.29) is 30.5 Å². The molecule has 0 bridgehead atoms. The van der Waals surface area contributed by atoms with Gasteiger partial charge in [0.2, 0.25) is 5.91 Å². The molecule has 0 aliphatic heterocycles. The number of hydrogen-bond donors (Lipinski definition) is 3. The van der Waals surface area contributed by atoms with Crippen LogP contribution in [0.4, 0.5) is 18.9 Å². The van der Waals surface area contributed by atoms with Gasteiger partial charge in [0.15, 0.2) is 23.4 Å². The molecule has 0 aromatic heterocycles. The van der Waals surface area contributed by atoms with Crippen LogP contribution in [0.2, 0.25) is 0 Å². The minimum absolute atomic E-state index is 0. The molecule has 3 N–H and O–H groups in total. The molecule has 28 heavy (non-hydrogen) atoms. The van der Waals surface area contributed by atoms with Crippen LogP contribution in [0.15, 0.2) is 47.5 Å². The molecular weight excluding hydrogens is 488 g/mol. The SMILES string of the molecule is CN=C(NCCOc1ccccc1)NCC(=O)Nc1ccc(F)c(F)c1F.I. The van der Waals surface area contributed by atoms with Gasteiger partial charge in [0.1, 0.15) is 12.4 Å². The van der Waals surface area contributed by atoms with Crippen molar-refractivity contribution in [1.29, 1.82) is 0 Å². The van der Waals surface area contributed by atoms with Crippen molar-refractivity contribution >= 4 is 41.5 Å². The zero-order chi connectivity index (χ0) is 19.6. The smallest absolute Gasteiger partial charge is 0.243 e. The van der Waals surface area contributed by atoms with E-state index in [1.165, 1.54) is 7.05 Å². The van der Waals surface area contributed by atoms with Crippen molar-refractivity contribution in [3.8, 4) is 5.75 Å². The Hall–Kier alpha value is -2.50. The molecule has 2 aromatic rings. The molecule has 2 rings (SSSR count). The number of para-hydroxylation sites is 1. The van der Waals surface area contributed by atoms with E-state index >= 15 is 0 Å². The fraction of sp³-hybridized carbons (Fsp3) is 0.222. The second-order valence-electron chi connectivity index (χ2n) is 5.29. The average Bonchev–Trinajstić information content (AvgIpc) is 2.68. The van der Waals surface area contributed by atoms with Crippen LogP contribution in [0.1, 0.15) is 0 Å². The van der Waals surface area contributed by atoms with E-state index in [0.717, 1.165) is 17.9 Å². The number of hydrogen-bond acceptors (Lipinski definition) is 3. The molecule has 1 amide bonds. The number of benzene rings is 2. The molecule has 0 aliphatic rings. The monoisotopic (exact) mass is 508 g/mol. The average molecular weight is 508 g/mol. The number of guanidine groups is 1. The summed E-state index contributed by atoms with van der Waals surface area (Å²) in [6, 6.07) is 10.9. The lowest BCUT2D eigenvalue weighted by molar-refractivity contribution is -0.115. The highest BCUT2D eigenvalue weighted by molar-refractivity contribution is 14.0. The summed E-state index contributed by atoms with van der Waals surface area (Å²) in [7, 11) is 1.51. The predicted octanol–water partition coefficient (Wildman–Crippen LogP) is 2.90. The molecule has 0 radical (unpaired) electrons. The summed E-state index contributed by atoms with van der Waals surface area (Å²) in [6.07, 6.45) is 0. The van der Waals surface area contributed by atoms with Crippen molar-refractivity contribution in [2.24, 2.45) is 4.99 Å². The first-order valence-corrected chi connectivity index (χ1v) is 8.07. The van der Waals surface area contributed by atoms with Crippen LogP contribution in [0.5, 0.6) is 5.75 Å². The molecule has 6 nitrogen and oxygen atoms in total. The van der Waals surface area contributed by atoms with Crippen molar-refractivity contribution in [1.82, 2.24) is 10.6 Å². The number of nitrogens with one attached hydrogen (secondary N) is 3. The van der Waals surface area contributed by atoms with Gasteiger partial charge in [0.05, 0.1) is 18.8 Å². The van der Waals surface area contributed by atoms with Gasteiger partial charge in [0, 0.05) is 7.05 Å². The second kappa shape index (κ2) is 12.1. The molecule has 152 valence electrons. The van der Waals surface area contributed by atoms with E-state index in [0.29, 0.717) is 19.1 Å². The molecule has 0 heterocycles. The van der Waals surface area contributed by atoms with Gasteiger partial charge in [-0.15, -0.1) is 24.0 Å². The third-order valence-electron chi connectivity index (χ3n) is 3.36. The fourth-order valence-corrected chi connectivity index (χ4v) is 2.06. The van der Waals surface area contributed by atoms with Gasteiger partial charge in [-0.2, -0.15) is 0 Å². The van der Waals surface area contributed by atoms with Gasteiger partial charge < -0.3 is 20.7 Å². The fourth-order valence-electron chi connectivity index (χ4n) is 2.06. The van der Waals surface area contributed by atoms with E-state index in [9.17, 15) is 18.0 Å². The van der Waals surface area contributed by atoms with E-state index in [4.69, 9.17) is 4.74 Å². The van der Waals surface area contributed by atoms with Gasteiger partial charge in [0.25, 0.3) is 0 Å². The Balaban J connectivity index is 0.00000392. The highest BCUT2D eigenvalue weighted by Gasteiger charge is 2.15. The lowest BCUT2D eigenvalue weighted by Crippen LogP contribution is -2.42. The van der Waals surface area contributed by atoms with Crippen molar-refractivity contribution in [3.63, 3.8) is 0 Å². The quantitative estimate of drug-likeness (QED) is 0.177. The second-order valence-corrected chi connectivity index (χ2v) is 5.29. The maximum Gasteiger partial charge on any atom is 0.243 e. The van der Waals surface area contributed by atoms with Crippen molar-refractivity contribution < 1.29 is 22.7 Å². The van der Waals surface area contributed by atoms with Gasteiger partial charge in [-0.3, -0.25) is 9.79 Å². The van der Waals surface area contributed by atoms with Gasteiger partial charge in [-0.25, -0.2) is 13.2 Å². The van der Waals surface area contributed by atoms with Crippen molar-refractivity contribution in [3.05, 3.63) is 59.9 Å². The number of anilines is 1. The Bertz CT molecular complexity index is 807. The maximum atomic E-state index is 13.5. The van der Waals surface area contributed by atoms with E-state index in [1.807, 2.05) is 30.3 Å². The maximum absolute atomic E-state index is 13.5. The van der Waals surface area contributed by atoms with Gasteiger partial charge in [-0.05, 0) is 24.3 Å². The molecule has 0 saturated carbocycles. The molecule has 2 aromatic carbocycles. The highest BCUT2D eigenvalue weighted by atomic mass is 127. The first-order chi connectivity index (χ1) is 13.0. The summed E-state index contributed by atoms with van der Waals surface area (Å²) in [5, 5.41) is 7.81. The standard InChI is InChI=1S/C18H19F3N4O2.HI/c1-22-18(23-9-10-27-12-5-3-2-4-6-12)24-11-15(26)25-14-8-7-13(19)16(20)17(14)21;/h2-8H,9-11H2,1H3,(H,25,26)(H2,22,23,24);1H. The largest absolute Gasteiger partial charge is 0.492 e. The summed E-state index contributed by atoms with van der Waals surface area (Å²) in [5.41, 5.74) is -0.445. The number of amides is 1. The number of halogens is 4. The third kappa shape index (κ3) is 7.25. The van der Waals surface area contributed by atoms with Crippen LogP contribution in [0, 0.1) is 17.5 Å². The molecule has 10 heteroatoms. The van der Waals surface area contributed by atoms with Crippen LogP contribution >= 0.6 is 24.0 Å². The molecule has 0 spiro atoms. The topological polar surface area (TPSA) is 74.8 Å². The number of nitrogens with zero attached hydrogens (tertiary/aromatic N) is 1. The Morgan fingerprint density at radius 3 is 2.43 bits per heavy atom. The molecule has 0 saturated heterocycles. The molecule has 0 fully saturated rings. The zero-order valence-electron chi connectivity index (χ0n) is 15.0. The highest BCUT2D eigenvalue weighted by Crippen LogP contribution is 2.19. The lowest BCUT2D eigenvalue weighted by Gasteiger charge is -2.13. The van der Waals surface area contributed by atoms with E-state index in [1.54, 1.807) is 0 Å². The Morgan fingerprint density at radius 1 is 1.04 bits per heavy atom. The first-order valence-electron chi connectivity index (χ1n) is 8.07. The molecule has 0 unspecified atom stereocenters. The minimum atomic E-state index is -1.64. The van der Waals surface area contributed by atoms with Gasteiger partial charge in [-0.1, -0.05) is 18.2 Å². The van der Waals surface area contributed by atoms with Crippen LogP contribution in [0.3, 0.4) is 0 Å². The predicted molar refractivity (Wildman–Crippen MR) is 112 cm³/mol.